The Morgan fingerprint density at radius 1 is 0.647 bits per heavy atom. The van der Waals surface area contributed by atoms with Gasteiger partial charge in [0.05, 0.1) is 0 Å². The summed E-state index contributed by atoms with van der Waals surface area (Å²) in [6.45, 7) is 12.3. The van der Waals surface area contributed by atoms with E-state index < -0.39 is 30.4 Å². The number of rotatable bonds is 7. The fraction of sp³-hybridized carbons (Fsp3) is 1.00. The third-order valence-electron chi connectivity index (χ3n) is 3.99. The summed E-state index contributed by atoms with van der Waals surface area (Å²) in [5, 5.41) is 0. The average molecular weight is 585 g/mol. The zero-order chi connectivity index (χ0) is 27.0. The number of hydrogen-bond donors (Lipinski definition) is 2. The van der Waals surface area contributed by atoms with E-state index in [1.54, 1.807) is 41.5 Å². The minimum Gasteiger partial charge on any atom is -0.799 e. The zero-order valence-corrected chi connectivity index (χ0v) is 26.4. The number of hydrogen-bond acceptors (Lipinski definition) is 11. The SMILES string of the molecule is CCP(=O)([O-])CC.CCP(=O)([O-])CC.CCP(=O)([O-])CC.NCCN.O=[P+]1OCCCCO1.[Al+3]. The zero-order valence-electron chi connectivity index (χ0n) is 21.7. The van der Waals surface area contributed by atoms with Gasteiger partial charge in [-0.05, 0) is 49.8 Å². The molecule has 0 unspecified atom stereocenters. The topological polar surface area (TPSA) is 208 Å². The predicted molar refractivity (Wildman–Crippen MR) is 139 cm³/mol. The van der Waals surface area contributed by atoms with E-state index in [4.69, 9.17) is 11.5 Å². The van der Waals surface area contributed by atoms with Gasteiger partial charge in [0.15, 0.2) is 0 Å². The molecule has 1 heterocycles. The van der Waals surface area contributed by atoms with Crippen LogP contribution in [0.15, 0.2) is 0 Å². The van der Waals surface area contributed by atoms with E-state index >= 15 is 0 Å². The molecule has 0 aromatic heterocycles. The van der Waals surface area contributed by atoms with Gasteiger partial charge in [0, 0.05) is 39.8 Å². The first-order valence-electron chi connectivity index (χ1n) is 11.2. The molecule has 11 nitrogen and oxygen atoms in total. The van der Waals surface area contributed by atoms with E-state index in [9.17, 15) is 32.9 Å². The first-order chi connectivity index (χ1) is 15.2. The molecule has 1 rings (SSSR count). The van der Waals surface area contributed by atoms with Crippen LogP contribution in [0.1, 0.15) is 54.4 Å². The van der Waals surface area contributed by atoms with Gasteiger partial charge in [-0.25, -0.2) is 0 Å². The average Bonchev–Trinajstić information content (AvgIpc) is 3.07. The van der Waals surface area contributed by atoms with Crippen LogP contribution in [0.4, 0.5) is 0 Å². The van der Waals surface area contributed by atoms with E-state index in [1.165, 1.54) is 0 Å². The Labute approximate surface area is 218 Å². The van der Waals surface area contributed by atoms with Gasteiger partial charge < -0.3 is 39.8 Å². The van der Waals surface area contributed by atoms with Gasteiger partial charge in [0.25, 0.3) is 0 Å². The molecule has 0 aromatic rings. The quantitative estimate of drug-likeness (QED) is 0.326. The standard InChI is InChI=1S/C4H8O3P.3C4H11O2P.C2H8N2.Al/c5-8-6-3-1-2-4-7-8;3*1-3-7(5,6)4-2;3-1-2-4;/h1-4H2;3*3-4H2,1-2H3,(H,5,6);1-4H2;/q+1;;;;;+3/p-3. The largest absolute Gasteiger partial charge is 3.00 e. The normalized spacial score (nSPS) is 13.6. The fourth-order valence-electron chi connectivity index (χ4n) is 1.19. The summed E-state index contributed by atoms with van der Waals surface area (Å²) in [5.41, 5.74) is 9.81. The van der Waals surface area contributed by atoms with Gasteiger partial charge in [-0.3, -0.25) is 0 Å². The molecule has 0 amide bonds. The Balaban J connectivity index is -0.000000104. The van der Waals surface area contributed by atoms with Gasteiger partial charge in [0.2, 0.25) is 0 Å². The van der Waals surface area contributed by atoms with Crippen LogP contribution in [0.25, 0.3) is 0 Å². The van der Waals surface area contributed by atoms with Gasteiger partial charge in [-0.2, -0.15) is 0 Å². The fourth-order valence-corrected chi connectivity index (χ4v) is 3.16. The third kappa shape index (κ3) is 40.2. The molecule has 1 aliphatic heterocycles. The smallest absolute Gasteiger partial charge is 0.799 e. The Hall–Kier alpha value is 1.04. The Kier molecular flexibility index (Phi) is 37.9. The van der Waals surface area contributed by atoms with Crippen LogP contribution < -0.4 is 26.1 Å². The van der Waals surface area contributed by atoms with Crippen LogP contribution in [-0.2, 0) is 27.3 Å². The van der Waals surface area contributed by atoms with Gasteiger partial charge in [0.1, 0.15) is 13.2 Å². The summed E-state index contributed by atoms with van der Waals surface area (Å²) >= 11 is 0. The Bertz CT molecular complexity index is 509. The van der Waals surface area contributed by atoms with E-state index in [2.05, 4.69) is 9.05 Å². The number of nitrogens with two attached hydrogens (primary N) is 2. The van der Waals surface area contributed by atoms with Gasteiger partial charge in [-0.1, -0.05) is 41.5 Å². The molecule has 0 radical (unpaired) electrons. The molecule has 4 N–H and O–H groups in total. The molecule has 0 bridgehead atoms. The molecule has 1 saturated heterocycles. The molecule has 0 spiro atoms. The molecule has 0 atom stereocenters. The molecule has 16 heteroatoms. The molecule has 0 aromatic carbocycles. The molecule has 0 saturated carbocycles. The monoisotopic (exact) mass is 585 g/mol. The maximum atomic E-state index is 10.4. The second kappa shape index (κ2) is 28.6. The summed E-state index contributed by atoms with van der Waals surface area (Å²) in [7, 11) is -10.5. The third-order valence-corrected chi connectivity index (χ3v) is 10.6. The van der Waals surface area contributed by atoms with Crippen molar-refractivity contribution in [1.82, 2.24) is 0 Å². The van der Waals surface area contributed by atoms with E-state index in [-0.39, 0.29) is 17.4 Å². The molecule has 34 heavy (non-hydrogen) atoms. The summed E-state index contributed by atoms with van der Waals surface area (Å²) < 4.78 is 51.0. The van der Waals surface area contributed by atoms with Crippen molar-refractivity contribution in [2.24, 2.45) is 11.5 Å². The van der Waals surface area contributed by atoms with Gasteiger partial charge >= 0.3 is 25.6 Å². The van der Waals surface area contributed by atoms with Crippen LogP contribution in [0.3, 0.4) is 0 Å². The van der Waals surface area contributed by atoms with Crippen LogP contribution >= 0.6 is 30.4 Å². The van der Waals surface area contributed by atoms with Crippen LogP contribution in [-0.4, -0.2) is 80.6 Å². The van der Waals surface area contributed by atoms with Crippen molar-refractivity contribution >= 4 is 47.7 Å². The predicted octanol–water partition coefficient (Wildman–Crippen LogP) is 1.99. The first kappa shape index (κ1) is 45.0. The van der Waals surface area contributed by atoms with Crippen LogP contribution in [0.5, 0.6) is 0 Å². The minimum atomic E-state index is -2.90. The molecule has 204 valence electrons. The molecule has 1 fully saturated rings. The summed E-state index contributed by atoms with van der Waals surface area (Å²) in [5.74, 6) is 0. The second-order valence-electron chi connectivity index (χ2n) is 6.52. The molecule has 1 aliphatic rings. The van der Waals surface area contributed by atoms with Crippen molar-refractivity contribution in [2.45, 2.75) is 54.4 Å². The first-order valence-corrected chi connectivity index (χ1v) is 18.3. The van der Waals surface area contributed by atoms with Crippen LogP contribution in [0, 0.1) is 0 Å². The van der Waals surface area contributed by atoms with Crippen molar-refractivity contribution in [3.63, 3.8) is 0 Å². The van der Waals surface area contributed by atoms with Crippen molar-refractivity contribution in [1.29, 1.82) is 0 Å². The van der Waals surface area contributed by atoms with Crippen molar-refractivity contribution in [3.05, 3.63) is 0 Å². The second-order valence-corrected chi connectivity index (χ2v) is 16.2. The molecule has 0 aliphatic carbocycles. The van der Waals surface area contributed by atoms with Crippen molar-refractivity contribution in [2.75, 3.05) is 63.3 Å². The Morgan fingerprint density at radius 3 is 0.971 bits per heavy atom. The van der Waals surface area contributed by atoms with Crippen molar-refractivity contribution in [3.8, 4) is 0 Å². The van der Waals surface area contributed by atoms with E-state index in [0.717, 1.165) is 12.8 Å². The Morgan fingerprint density at radius 2 is 0.853 bits per heavy atom. The maximum absolute atomic E-state index is 10.4. The maximum Gasteiger partial charge on any atom is 3.00 e. The summed E-state index contributed by atoms with van der Waals surface area (Å²) in [6.07, 6.45) is 3.69. The van der Waals surface area contributed by atoms with E-state index in [0.29, 0.717) is 63.3 Å². The van der Waals surface area contributed by atoms with Crippen molar-refractivity contribution < 1.29 is 42.0 Å². The van der Waals surface area contributed by atoms with Gasteiger partial charge in [-0.15, -0.1) is 9.05 Å². The minimum absolute atomic E-state index is 0. The van der Waals surface area contributed by atoms with E-state index in [1.807, 2.05) is 0 Å². The molecular formula is C18H46AlN2O9P4+. The summed E-state index contributed by atoms with van der Waals surface area (Å²) in [4.78, 5) is 31.2. The van der Waals surface area contributed by atoms with Crippen LogP contribution in [0.2, 0.25) is 0 Å². The molecular weight excluding hydrogens is 539 g/mol. The summed E-state index contributed by atoms with van der Waals surface area (Å²) in [6, 6.07) is 0.